The Labute approximate surface area is 335 Å². The van der Waals surface area contributed by atoms with E-state index in [1.54, 1.807) is 0 Å². The minimum absolute atomic E-state index is 0.377. The first kappa shape index (κ1) is 33.6. The molecule has 1 heteroatoms. The molecule has 0 radical (unpaired) electrons. The van der Waals surface area contributed by atoms with Crippen LogP contribution in [-0.4, -0.2) is 0 Å². The van der Waals surface area contributed by atoms with Crippen molar-refractivity contribution in [3.63, 3.8) is 0 Å². The number of benzene rings is 8. The summed E-state index contributed by atoms with van der Waals surface area (Å²) < 4.78 is 0. The lowest BCUT2D eigenvalue weighted by atomic mass is 9.70. The lowest BCUT2D eigenvalue weighted by molar-refractivity contribution is 0.794. The fourth-order valence-corrected chi connectivity index (χ4v) is 10.4. The lowest BCUT2D eigenvalue weighted by Gasteiger charge is -2.32. The van der Waals surface area contributed by atoms with Crippen LogP contribution in [0.5, 0.6) is 0 Å². The Kier molecular flexibility index (Phi) is 7.79. The molecular formula is C56H43N. The Balaban J connectivity index is 1.19. The van der Waals surface area contributed by atoms with Crippen LogP contribution >= 0.6 is 0 Å². The molecule has 3 aliphatic rings. The van der Waals surface area contributed by atoms with E-state index in [0.29, 0.717) is 0 Å². The number of hydrogen-bond acceptors (Lipinski definition) is 1. The zero-order chi connectivity index (χ0) is 38.1. The summed E-state index contributed by atoms with van der Waals surface area (Å²) in [5.41, 5.74) is 21.8. The predicted molar refractivity (Wildman–Crippen MR) is 242 cm³/mol. The van der Waals surface area contributed by atoms with Crippen molar-refractivity contribution in [2.45, 2.75) is 38.5 Å². The van der Waals surface area contributed by atoms with Crippen LogP contribution in [0.4, 0.5) is 17.1 Å². The maximum Gasteiger partial charge on any atom is 0.0725 e. The molecule has 11 rings (SSSR count). The number of rotatable bonds is 6. The molecule has 0 amide bonds. The van der Waals surface area contributed by atoms with Gasteiger partial charge in [0.25, 0.3) is 0 Å². The summed E-state index contributed by atoms with van der Waals surface area (Å²) in [6.07, 6.45) is 12.6. The second-order valence-electron chi connectivity index (χ2n) is 15.7. The highest BCUT2D eigenvalue weighted by molar-refractivity contribution is 6.03. The first-order valence-electron chi connectivity index (χ1n) is 20.5. The quantitative estimate of drug-likeness (QED) is 0.165. The summed E-state index contributed by atoms with van der Waals surface area (Å²) in [4.78, 5) is 2.50. The number of allylic oxidation sites excluding steroid dienone is 2. The molecule has 0 heterocycles. The maximum atomic E-state index is 2.50. The molecule has 0 saturated carbocycles. The smallest absolute Gasteiger partial charge is 0.0725 e. The first-order valence-corrected chi connectivity index (χ1v) is 20.5. The van der Waals surface area contributed by atoms with Crippen molar-refractivity contribution < 1.29 is 0 Å². The average molecular weight is 730 g/mol. The Morgan fingerprint density at radius 2 is 1.14 bits per heavy atom. The monoisotopic (exact) mass is 729 g/mol. The molecule has 3 aliphatic carbocycles. The Morgan fingerprint density at radius 1 is 0.561 bits per heavy atom. The summed E-state index contributed by atoms with van der Waals surface area (Å²) in [5.74, 6) is 0. The molecule has 0 atom stereocenters. The van der Waals surface area contributed by atoms with Crippen molar-refractivity contribution in [1.29, 1.82) is 0 Å². The highest BCUT2D eigenvalue weighted by atomic mass is 15.1. The molecule has 0 bridgehead atoms. The molecule has 0 saturated heterocycles. The average Bonchev–Trinajstić information content (AvgIpc) is 3.74. The predicted octanol–water partition coefficient (Wildman–Crippen LogP) is 15.0. The highest BCUT2D eigenvalue weighted by Crippen LogP contribution is 2.63. The van der Waals surface area contributed by atoms with E-state index >= 15 is 0 Å². The van der Waals surface area contributed by atoms with Crippen LogP contribution in [0.1, 0.15) is 64.3 Å². The minimum atomic E-state index is -0.377. The van der Waals surface area contributed by atoms with Crippen molar-refractivity contribution in [2.75, 3.05) is 4.90 Å². The zero-order valence-electron chi connectivity index (χ0n) is 32.5. The Hall–Kier alpha value is -6.70. The van der Waals surface area contributed by atoms with Gasteiger partial charge in [-0.2, -0.15) is 0 Å². The van der Waals surface area contributed by atoms with E-state index in [1.165, 1.54) is 88.7 Å². The molecule has 8 aromatic rings. The van der Waals surface area contributed by atoms with Gasteiger partial charge in [0.05, 0.1) is 11.1 Å². The van der Waals surface area contributed by atoms with Crippen LogP contribution in [0, 0.1) is 6.92 Å². The summed E-state index contributed by atoms with van der Waals surface area (Å²) in [7, 11) is 0. The van der Waals surface area contributed by atoms with Gasteiger partial charge in [0.2, 0.25) is 0 Å². The first-order chi connectivity index (χ1) is 28.2. The SMILES string of the molecule is CC/C=C\c1c(C)c2c(c3ccc(N(c4ccc5c(c4)-c4ccccc4C54c5ccccc5-c5ccccc54)c4ccccc4-c4ccccc4)cc13)C=CCC2. The minimum Gasteiger partial charge on any atom is -0.310 e. The normalized spacial score (nSPS) is 14.1. The number of para-hydroxylation sites is 1. The number of anilines is 3. The van der Waals surface area contributed by atoms with Crippen LogP contribution in [0.15, 0.2) is 176 Å². The Bertz CT molecular complexity index is 2920. The third-order valence-electron chi connectivity index (χ3n) is 12.9. The molecule has 1 spiro atoms. The van der Waals surface area contributed by atoms with Gasteiger partial charge in [-0.3, -0.25) is 0 Å². The topological polar surface area (TPSA) is 3.24 Å². The summed E-state index contributed by atoms with van der Waals surface area (Å²) >= 11 is 0. The summed E-state index contributed by atoms with van der Waals surface area (Å²) in [6.45, 7) is 4.55. The van der Waals surface area contributed by atoms with Gasteiger partial charge in [0, 0.05) is 16.9 Å². The molecule has 0 N–H and O–H groups in total. The van der Waals surface area contributed by atoms with Crippen LogP contribution in [0.3, 0.4) is 0 Å². The van der Waals surface area contributed by atoms with Gasteiger partial charge in [-0.25, -0.2) is 0 Å². The maximum absolute atomic E-state index is 2.50. The number of nitrogens with zero attached hydrogens (tertiary/aromatic N) is 1. The van der Waals surface area contributed by atoms with Gasteiger partial charge in [0.1, 0.15) is 0 Å². The van der Waals surface area contributed by atoms with Gasteiger partial charge < -0.3 is 4.90 Å². The highest BCUT2D eigenvalue weighted by Gasteiger charge is 2.51. The van der Waals surface area contributed by atoms with Gasteiger partial charge in [-0.05, 0) is 140 Å². The van der Waals surface area contributed by atoms with Crippen molar-refractivity contribution >= 4 is 40.0 Å². The molecule has 8 aromatic carbocycles. The van der Waals surface area contributed by atoms with Gasteiger partial charge in [0.15, 0.2) is 0 Å². The van der Waals surface area contributed by atoms with Gasteiger partial charge in [-0.15, -0.1) is 0 Å². The molecule has 0 fully saturated rings. The lowest BCUT2D eigenvalue weighted by Crippen LogP contribution is -2.25. The fourth-order valence-electron chi connectivity index (χ4n) is 10.4. The van der Waals surface area contributed by atoms with E-state index < -0.39 is 0 Å². The van der Waals surface area contributed by atoms with Crippen molar-refractivity contribution in [2.24, 2.45) is 0 Å². The van der Waals surface area contributed by atoms with Crippen LogP contribution < -0.4 is 4.90 Å². The molecule has 0 aliphatic heterocycles. The van der Waals surface area contributed by atoms with E-state index in [2.05, 4.69) is 207 Å². The van der Waals surface area contributed by atoms with E-state index in [9.17, 15) is 0 Å². The van der Waals surface area contributed by atoms with Gasteiger partial charge >= 0.3 is 0 Å². The Morgan fingerprint density at radius 3 is 1.84 bits per heavy atom. The number of hydrogen-bond donors (Lipinski definition) is 0. The molecule has 0 unspecified atom stereocenters. The molecule has 1 nitrogen and oxygen atoms in total. The van der Waals surface area contributed by atoms with E-state index in [0.717, 1.165) is 36.3 Å². The number of fused-ring (bicyclic) bond motifs is 13. The van der Waals surface area contributed by atoms with E-state index in [-0.39, 0.29) is 5.41 Å². The van der Waals surface area contributed by atoms with E-state index in [1.807, 2.05) is 0 Å². The summed E-state index contributed by atoms with van der Waals surface area (Å²) in [5, 5.41) is 2.62. The van der Waals surface area contributed by atoms with Crippen LogP contribution in [0.2, 0.25) is 0 Å². The second-order valence-corrected chi connectivity index (χ2v) is 15.7. The fraction of sp³-hybridized carbons (Fsp3) is 0.107. The van der Waals surface area contributed by atoms with Crippen molar-refractivity contribution in [3.8, 4) is 33.4 Å². The third kappa shape index (κ3) is 4.88. The van der Waals surface area contributed by atoms with Crippen LogP contribution in [-0.2, 0) is 11.8 Å². The summed E-state index contributed by atoms with van der Waals surface area (Å²) in [6, 6.07) is 61.4. The van der Waals surface area contributed by atoms with Crippen LogP contribution in [0.25, 0.3) is 56.3 Å². The standard InChI is InChI=1S/C56H43N/c1-3-4-20-42-37(2)41-21-8-9-23-44(41)45-33-31-39(35-49(42)45)57(55-30-17-13-22-43(55)38-18-6-5-7-19-38)40-32-34-54-50(36-40)48-26-12-16-29-53(48)56(54)51-27-14-10-24-46(51)47-25-11-15-28-52(47)56/h4-7,9-20,22-36H,3,8,21H2,1-2H3/b20-4-. The van der Waals surface area contributed by atoms with E-state index in [4.69, 9.17) is 0 Å². The molecule has 57 heavy (non-hydrogen) atoms. The molecular weight excluding hydrogens is 687 g/mol. The third-order valence-corrected chi connectivity index (χ3v) is 12.9. The van der Waals surface area contributed by atoms with Gasteiger partial charge in [-0.1, -0.05) is 165 Å². The van der Waals surface area contributed by atoms with Crippen molar-refractivity contribution in [3.05, 3.63) is 220 Å². The van der Waals surface area contributed by atoms with Crippen molar-refractivity contribution in [1.82, 2.24) is 0 Å². The molecule has 0 aromatic heterocycles. The second kappa shape index (κ2) is 13.2. The largest absolute Gasteiger partial charge is 0.310 e. The molecule has 272 valence electrons. The zero-order valence-corrected chi connectivity index (χ0v) is 32.5.